The zero-order chi connectivity index (χ0) is 26.2. The van der Waals surface area contributed by atoms with Crippen LogP contribution in [0.15, 0.2) is 43.0 Å². The average Bonchev–Trinajstić information content (AvgIpc) is 3.45. The monoisotopic (exact) mass is 562 g/mol. The van der Waals surface area contributed by atoms with Crippen molar-refractivity contribution in [1.82, 2.24) is 9.80 Å². The van der Waals surface area contributed by atoms with Gasteiger partial charge in [0.2, 0.25) is 11.8 Å². The Morgan fingerprint density at radius 3 is 2.64 bits per heavy atom. The van der Waals surface area contributed by atoms with Crippen LogP contribution in [0.5, 0.6) is 0 Å². The maximum absolute atomic E-state index is 14.3. The molecule has 8 nitrogen and oxygen atoms in total. The molecule has 1 aromatic rings. The maximum atomic E-state index is 14.3. The lowest BCUT2D eigenvalue weighted by atomic mass is 9.70. The molecule has 3 fully saturated rings. The predicted molar refractivity (Wildman–Crippen MR) is 137 cm³/mol. The summed E-state index contributed by atoms with van der Waals surface area (Å²) in [4.78, 5) is 43.6. The molecule has 2 amide bonds. The Labute approximate surface area is 220 Å². The summed E-state index contributed by atoms with van der Waals surface area (Å²) in [5, 5.41) is 20.5. The highest BCUT2D eigenvalue weighted by Gasteiger charge is 2.77. The van der Waals surface area contributed by atoms with Crippen molar-refractivity contribution >= 4 is 33.7 Å². The van der Waals surface area contributed by atoms with Gasteiger partial charge in [-0.25, -0.2) is 0 Å². The number of benzene rings is 1. The first kappa shape index (κ1) is 26.8. The van der Waals surface area contributed by atoms with Gasteiger partial charge in [0.05, 0.1) is 30.6 Å². The van der Waals surface area contributed by atoms with Crippen LogP contribution in [0.2, 0.25) is 0 Å². The van der Waals surface area contributed by atoms with Crippen molar-refractivity contribution in [2.75, 3.05) is 13.2 Å². The summed E-state index contributed by atoms with van der Waals surface area (Å²) in [6.07, 6.45) is 3.29. The fourth-order valence-corrected chi connectivity index (χ4v) is 7.46. The third kappa shape index (κ3) is 4.29. The molecule has 4 rings (SSSR count). The normalized spacial score (nSPS) is 32.3. The summed E-state index contributed by atoms with van der Waals surface area (Å²) in [6.45, 7) is 7.77. The molecule has 1 aromatic carbocycles. The van der Waals surface area contributed by atoms with E-state index in [0.717, 1.165) is 18.4 Å². The van der Waals surface area contributed by atoms with E-state index in [9.17, 15) is 24.6 Å². The van der Waals surface area contributed by atoms with Gasteiger partial charge < -0.3 is 24.7 Å². The summed E-state index contributed by atoms with van der Waals surface area (Å²) >= 11 is 3.57. The molecule has 8 atom stereocenters. The van der Waals surface area contributed by atoms with E-state index in [-0.39, 0.29) is 23.4 Å². The largest absolute Gasteiger partial charge is 0.481 e. The Balaban J connectivity index is 1.81. The maximum Gasteiger partial charge on any atom is 0.310 e. The number of aliphatic hydroxyl groups is 1. The first-order chi connectivity index (χ1) is 17.2. The molecule has 0 radical (unpaired) electrons. The van der Waals surface area contributed by atoms with Gasteiger partial charge >= 0.3 is 5.97 Å². The van der Waals surface area contributed by atoms with E-state index in [4.69, 9.17) is 4.74 Å². The number of carboxylic acids is 1. The van der Waals surface area contributed by atoms with E-state index in [1.165, 1.54) is 4.90 Å². The minimum absolute atomic E-state index is 0.108. The van der Waals surface area contributed by atoms with Crippen molar-refractivity contribution in [3.8, 4) is 0 Å². The van der Waals surface area contributed by atoms with Crippen molar-refractivity contribution in [1.29, 1.82) is 0 Å². The second kappa shape index (κ2) is 10.6. The van der Waals surface area contributed by atoms with Crippen molar-refractivity contribution in [2.45, 2.75) is 74.2 Å². The van der Waals surface area contributed by atoms with E-state index in [1.54, 1.807) is 11.0 Å². The van der Waals surface area contributed by atoms with E-state index in [2.05, 4.69) is 22.5 Å². The molecule has 2 bridgehead atoms. The van der Waals surface area contributed by atoms with Crippen molar-refractivity contribution in [3.63, 3.8) is 0 Å². The van der Waals surface area contributed by atoms with Crippen LogP contribution in [0.1, 0.15) is 38.7 Å². The van der Waals surface area contributed by atoms with Crippen LogP contribution in [-0.2, 0) is 25.5 Å². The van der Waals surface area contributed by atoms with Crippen molar-refractivity contribution < 1.29 is 29.3 Å². The molecule has 3 heterocycles. The topological polar surface area (TPSA) is 107 Å². The van der Waals surface area contributed by atoms with Gasteiger partial charge in [-0.05, 0) is 31.7 Å². The molecule has 196 valence electrons. The molecule has 3 aliphatic rings. The van der Waals surface area contributed by atoms with Gasteiger partial charge in [-0.2, -0.15) is 0 Å². The number of likely N-dealkylation sites (tertiary alicyclic amines) is 1. The lowest BCUT2D eigenvalue weighted by Crippen LogP contribution is -2.60. The number of alkyl halides is 1. The smallest absolute Gasteiger partial charge is 0.310 e. The number of hydrogen-bond acceptors (Lipinski definition) is 5. The van der Waals surface area contributed by atoms with Gasteiger partial charge in [0, 0.05) is 17.4 Å². The van der Waals surface area contributed by atoms with Crippen LogP contribution in [-0.4, -0.2) is 85.6 Å². The SMILES string of the molecule is C=CCN(C(=O)[C@@H]1N([C@@H](CO)Cc2ccccc2)C(=O)[C@H]2[C@H](C(=O)O)[C@H]3O[C@@]12CC3Br)C(C)CCC. The molecule has 0 saturated carbocycles. The van der Waals surface area contributed by atoms with E-state index < -0.39 is 47.5 Å². The van der Waals surface area contributed by atoms with Crippen LogP contribution in [0.4, 0.5) is 0 Å². The molecule has 3 aliphatic heterocycles. The Bertz CT molecular complexity index is 1010. The predicted octanol–water partition coefficient (Wildman–Crippen LogP) is 2.63. The highest BCUT2D eigenvalue weighted by Crippen LogP contribution is 2.60. The number of amides is 2. The number of ether oxygens (including phenoxy) is 1. The highest BCUT2D eigenvalue weighted by molar-refractivity contribution is 9.09. The second-order valence-corrected chi connectivity index (χ2v) is 11.4. The van der Waals surface area contributed by atoms with Crippen LogP contribution in [0, 0.1) is 11.8 Å². The average molecular weight is 563 g/mol. The van der Waals surface area contributed by atoms with Gasteiger partial charge in [-0.3, -0.25) is 14.4 Å². The molecule has 0 aromatic heterocycles. The molecule has 0 aliphatic carbocycles. The quantitative estimate of drug-likeness (QED) is 0.317. The lowest BCUT2D eigenvalue weighted by Gasteiger charge is -2.41. The van der Waals surface area contributed by atoms with Crippen LogP contribution >= 0.6 is 15.9 Å². The second-order valence-electron chi connectivity index (χ2n) is 10.2. The summed E-state index contributed by atoms with van der Waals surface area (Å²) in [6, 6.07) is 7.61. The highest BCUT2D eigenvalue weighted by atomic mass is 79.9. The first-order valence-corrected chi connectivity index (χ1v) is 13.6. The third-order valence-corrected chi connectivity index (χ3v) is 8.86. The zero-order valence-corrected chi connectivity index (χ0v) is 22.3. The number of carbonyl (C=O) groups is 3. The first-order valence-electron chi connectivity index (χ1n) is 12.6. The number of halogens is 1. The number of carbonyl (C=O) groups excluding carboxylic acids is 2. The standard InChI is InChI=1S/C27H35BrN2O6/c1-4-9-16(3)29(12-5-2)25(33)23-27-14-19(28)22(36-27)20(26(34)35)21(27)24(32)30(23)18(15-31)13-17-10-7-6-8-11-17/h5-8,10-11,16,18-23,31H,2,4,9,12-15H2,1,3H3,(H,34,35)/t16?,18-,19?,20+,21-,22+,23+,27-/m1/s1. The third-order valence-electron chi connectivity index (χ3n) is 8.01. The molecular formula is C27H35BrN2O6. The van der Waals surface area contributed by atoms with Gasteiger partial charge in [-0.15, -0.1) is 6.58 Å². The van der Waals surface area contributed by atoms with Gasteiger partial charge in [0.1, 0.15) is 11.6 Å². The number of rotatable bonds is 11. The molecular weight excluding hydrogens is 528 g/mol. The number of carboxylic acid groups (broad SMARTS) is 1. The van der Waals surface area contributed by atoms with Crippen LogP contribution in [0.25, 0.3) is 0 Å². The molecule has 1 spiro atoms. The summed E-state index contributed by atoms with van der Waals surface area (Å²) < 4.78 is 6.37. The minimum atomic E-state index is -1.27. The van der Waals surface area contributed by atoms with E-state index >= 15 is 0 Å². The summed E-state index contributed by atoms with van der Waals surface area (Å²) in [5.74, 6) is -3.88. The van der Waals surface area contributed by atoms with Crippen molar-refractivity contribution in [3.05, 3.63) is 48.6 Å². The number of aliphatic hydroxyl groups excluding tert-OH is 1. The summed E-state index contributed by atoms with van der Waals surface area (Å²) in [5.41, 5.74) is -0.364. The Kier molecular flexibility index (Phi) is 7.92. The molecule has 2 N–H and O–H groups in total. The zero-order valence-electron chi connectivity index (χ0n) is 20.8. The van der Waals surface area contributed by atoms with Gasteiger partial charge in [-0.1, -0.05) is 65.7 Å². The Morgan fingerprint density at radius 1 is 1.36 bits per heavy atom. The minimum Gasteiger partial charge on any atom is -0.481 e. The number of hydrogen-bond donors (Lipinski definition) is 2. The lowest BCUT2D eigenvalue weighted by molar-refractivity contribution is -0.154. The van der Waals surface area contributed by atoms with E-state index in [0.29, 0.717) is 19.4 Å². The van der Waals surface area contributed by atoms with Crippen molar-refractivity contribution in [2.24, 2.45) is 11.8 Å². The molecule has 2 unspecified atom stereocenters. The fraction of sp³-hybridized carbons (Fsp3) is 0.593. The fourth-order valence-electron chi connectivity index (χ4n) is 6.52. The molecule has 3 saturated heterocycles. The van der Waals surface area contributed by atoms with Gasteiger partial charge in [0.15, 0.2) is 0 Å². The van der Waals surface area contributed by atoms with E-state index in [1.807, 2.05) is 44.2 Å². The number of nitrogens with zero attached hydrogens (tertiary/aromatic N) is 2. The Morgan fingerprint density at radius 2 is 2.06 bits per heavy atom. The molecule has 9 heteroatoms. The van der Waals surface area contributed by atoms with Crippen LogP contribution < -0.4 is 0 Å². The molecule has 36 heavy (non-hydrogen) atoms. The van der Waals surface area contributed by atoms with Crippen LogP contribution in [0.3, 0.4) is 0 Å². The number of fused-ring (bicyclic) bond motifs is 1. The summed E-state index contributed by atoms with van der Waals surface area (Å²) in [7, 11) is 0. The number of aliphatic carboxylic acids is 1. The van der Waals surface area contributed by atoms with Gasteiger partial charge in [0.25, 0.3) is 0 Å². The Hall–Kier alpha value is -2.23.